The molecule has 0 spiro atoms. The molecule has 0 fully saturated rings. The summed E-state index contributed by atoms with van der Waals surface area (Å²) in [5.41, 5.74) is 1.09. The van der Waals surface area contributed by atoms with E-state index in [1.165, 1.54) is 18.2 Å². The lowest BCUT2D eigenvalue weighted by atomic mass is 10.0. The third kappa shape index (κ3) is 6.44. The van der Waals surface area contributed by atoms with Crippen molar-refractivity contribution in [2.24, 2.45) is 5.92 Å². The average Bonchev–Trinajstić information content (AvgIpc) is 2.65. The van der Waals surface area contributed by atoms with Crippen molar-refractivity contribution < 1.29 is 17.8 Å². The van der Waals surface area contributed by atoms with Gasteiger partial charge in [-0.25, -0.2) is 0 Å². The van der Waals surface area contributed by atoms with E-state index in [9.17, 15) is 17.8 Å². The van der Waals surface area contributed by atoms with E-state index in [1.54, 1.807) is 6.07 Å². The van der Waals surface area contributed by atoms with E-state index in [4.69, 9.17) is 0 Å². The maximum atomic E-state index is 12.7. The van der Waals surface area contributed by atoms with Crippen LogP contribution in [0.25, 0.3) is 0 Å². The monoisotopic (exact) mass is 404 g/mol. The lowest BCUT2D eigenvalue weighted by Crippen LogP contribution is -2.43. The Labute approximate surface area is 167 Å². The van der Waals surface area contributed by atoms with Crippen LogP contribution in [0, 0.1) is 5.92 Å². The summed E-state index contributed by atoms with van der Waals surface area (Å²) < 4.78 is 32.5. The zero-order valence-electron chi connectivity index (χ0n) is 16.4. The van der Waals surface area contributed by atoms with Crippen molar-refractivity contribution in [3.8, 4) is 0 Å². The first-order valence-electron chi connectivity index (χ1n) is 9.34. The van der Waals surface area contributed by atoms with E-state index in [1.807, 2.05) is 30.3 Å². The van der Waals surface area contributed by atoms with E-state index in [0.717, 1.165) is 12.0 Å². The summed E-state index contributed by atoms with van der Waals surface area (Å²) in [7, 11) is -4.48. The normalized spacial score (nSPS) is 13.9. The highest BCUT2D eigenvalue weighted by molar-refractivity contribution is 7.86. The van der Waals surface area contributed by atoms with Crippen LogP contribution in [0.15, 0.2) is 59.5 Å². The number of amides is 1. The third-order valence-electron chi connectivity index (χ3n) is 4.47. The van der Waals surface area contributed by atoms with Gasteiger partial charge in [-0.2, -0.15) is 8.42 Å². The van der Waals surface area contributed by atoms with Gasteiger partial charge in [-0.15, -0.1) is 0 Å². The molecule has 6 nitrogen and oxygen atoms in total. The van der Waals surface area contributed by atoms with Crippen LogP contribution in [0.2, 0.25) is 0 Å². The minimum atomic E-state index is -4.48. The Bertz CT molecular complexity index is 882. The number of hydrogen-bond acceptors (Lipinski definition) is 4. The fraction of sp³-hybridized carbons (Fsp3) is 0.381. The quantitative estimate of drug-likeness (QED) is 0.557. The van der Waals surface area contributed by atoms with E-state index < -0.39 is 16.0 Å². The van der Waals surface area contributed by atoms with Crippen molar-refractivity contribution in [3.63, 3.8) is 0 Å². The number of hydrogen-bond donors (Lipinski definition) is 3. The summed E-state index contributed by atoms with van der Waals surface area (Å²) in [5, 5.41) is 6.33. The van der Waals surface area contributed by atoms with Gasteiger partial charge in [0.05, 0.1) is 5.56 Å². The minimum Gasteiger partial charge on any atom is -0.348 e. The second-order valence-corrected chi connectivity index (χ2v) is 8.70. The lowest BCUT2D eigenvalue weighted by Gasteiger charge is -2.24. The van der Waals surface area contributed by atoms with E-state index >= 15 is 0 Å². The lowest BCUT2D eigenvalue weighted by molar-refractivity contribution is 0.0927. The molecule has 0 saturated heterocycles. The standard InChI is InChI=1S/C21H28N2O4S/c1-15(2)13-18(14-22-16(3)17-9-5-4-6-10-17)23-21(24)19-11-7-8-12-20(19)28(25,26)27/h4-12,15-16,18,22H,13-14H2,1-3H3,(H,23,24)(H,25,26,27)/t16-,18+/m1/s1. The Morgan fingerprint density at radius 1 is 1.00 bits per heavy atom. The number of carbonyl (C=O) groups excluding carboxylic acids is 1. The van der Waals surface area contributed by atoms with Gasteiger partial charge >= 0.3 is 0 Å². The first-order valence-corrected chi connectivity index (χ1v) is 10.8. The summed E-state index contributed by atoms with van der Waals surface area (Å²) in [4.78, 5) is 12.3. The predicted octanol–water partition coefficient (Wildman–Crippen LogP) is 3.43. The molecule has 28 heavy (non-hydrogen) atoms. The molecule has 1 amide bonds. The smallest absolute Gasteiger partial charge is 0.295 e. The second kappa shape index (κ2) is 9.82. The molecule has 0 unspecified atom stereocenters. The Hall–Kier alpha value is -2.22. The topological polar surface area (TPSA) is 95.5 Å². The fourth-order valence-electron chi connectivity index (χ4n) is 3.08. The zero-order valence-corrected chi connectivity index (χ0v) is 17.2. The summed E-state index contributed by atoms with van der Waals surface area (Å²) in [6.07, 6.45) is 0.730. The van der Waals surface area contributed by atoms with Crippen LogP contribution in [0.1, 0.15) is 49.2 Å². The molecule has 0 aliphatic carbocycles. The highest BCUT2D eigenvalue weighted by Crippen LogP contribution is 2.16. The van der Waals surface area contributed by atoms with Crippen LogP contribution in [0.5, 0.6) is 0 Å². The van der Waals surface area contributed by atoms with Crippen molar-refractivity contribution in [2.75, 3.05) is 6.54 Å². The number of carbonyl (C=O) groups is 1. The van der Waals surface area contributed by atoms with Crippen molar-refractivity contribution >= 4 is 16.0 Å². The van der Waals surface area contributed by atoms with Gasteiger partial charge in [0, 0.05) is 18.6 Å². The summed E-state index contributed by atoms with van der Waals surface area (Å²) in [5.74, 6) is -0.177. The maximum Gasteiger partial charge on any atom is 0.295 e. The summed E-state index contributed by atoms with van der Waals surface area (Å²) in [6, 6.07) is 15.6. The molecule has 0 aromatic heterocycles. The van der Waals surface area contributed by atoms with Crippen molar-refractivity contribution in [1.82, 2.24) is 10.6 Å². The van der Waals surface area contributed by atoms with Gasteiger partial charge < -0.3 is 10.6 Å². The summed E-state index contributed by atoms with van der Waals surface area (Å²) in [6.45, 7) is 6.71. The van der Waals surface area contributed by atoms with Crippen LogP contribution < -0.4 is 10.6 Å². The van der Waals surface area contributed by atoms with Gasteiger partial charge in [0.2, 0.25) is 0 Å². The van der Waals surface area contributed by atoms with Gasteiger partial charge in [0.25, 0.3) is 16.0 Å². The van der Waals surface area contributed by atoms with Gasteiger partial charge in [-0.3, -0.25) is 9.35 Å². The molecule has 0 aliphatic heterocycles. The SMILES string of the molecule is CC(C)C[C@@H](CN[C@H](C)c1ccccc1)NC(=O)c1ccccc1S(=O)(=O)O. The fourth-order valence-corrected chi connectivity index (χ4v) is 3.77. The first kappa shape index (κ1) is 22.1. The molecule has 0 heterocycles. The van der Waals surface area contributed by atoms with Crippen LogP contribution in [0.3, 0.4) is 0 Å². The van der Waals surface area contributed by atoms with Gasteiger partial charge in [0.1, 0.15) is 4.90 Å². The highest BCUT2D eigenvalue weighted by Gasteiger charge is 2.22. The van der Waals surface area contributed by atoms with Crippen molar-refractivity contribution in [1.29, 1.82) is 0 Å². The van der Waals surface area contributed by atoms with Gasteiger partial charge in [-0.05, 0) is 37.0 Å². The van der Waals surface area contributed by atoms with Crippen LogP contribution in [0.4, 0.5) is 0 Å². The Kier molecular flexibility index (Phi) is 7.74. The summed E-state index contributed by atoms with van der Waals surface area (Å²) >= 11 is 0. The molecule has 7 heteroatoms. The average molecular weight is 405 g/mol. The Morgan fingerprint density at radius 2 is 1.61 bits per heavy atom. The third-order valence-corrected chi connectivity index (χ3v) is 5.38. The van der Waals surface area contributed by atoms with Gasteiger partial charge in [0.15, 0.2) is 0 Å². The van der Waals surface area contributed by atoms with Crippen LogP contribution in [-0.2, 0) is 10.1 Å². The molecule has 152 valence electrons. The largest absolute Gasteiger partial charge is 0.348 e. The maximum absolute atomic E-state index is 12.7. The Morgan fingerprint density at radius 3 is 2.21 bits per heavy atom. The van der Waals surface area contributed by atoms with Gasteiger partial charge in [-0.1, -0.05) is 56.3 Å². The number of benzene rings is 2. The molecule has 2 rings (SSSR count). The molecule has 0 aliphatic rings. The van der Waals surface area contributed by atoms with E-state index in [2.05, 4.69) is 31.4 Å². The van der Waals surface area contributed by atoms with Crippen molar-refractivity contribution in [3.05, 3.63) is 65.7 Å². The number of nitrogens with one attached hydrogen (secondary N) is 2. The number of rotatable bonds is 9. The molecule has 3 N–H and O–H groups in total. The molecule has 0 saturated carbocycles. The molecule has 2 aromatic carbocycles. The highest BCUT2D eigenvalue weighted by atomic mass is 32.2. The minimum absolute atomic E-state index is 0.0603. The molecule has 2 aromatic rings. The van der Waals surface area contributed by atoms with Crippen molar-refractivity contribution in [2.45, 2.75) is 44.2 Å². The molecule has 0 bridgehead atoms. The molecule has 2 atom stereocenters. The van der Waals surface area contributed by atoms with Crippen LogP contribution >= 0.6 is 0 Å². The van der Waals surface area contributed by atoms with Crippen LogP contribution in [-0.4, -0.2) is 31.5 Å². The Balaban J connectivity index is 2.11. The second-order valence-electron chi connectivity index (χ2n) is 7.31. The predicted molar refractivity (Wildman–Crippen MR) is 110 cm³/mol. The molecular formula is C21H28N2O4S. The van der Waals surface area contributed by atoms with E-state index in [0.29, 0.717) is 12.5 Å². The molecular weight excluding hydrogens is 376 g/mol. The van der Waals surface area contributed by atoms with E-state index in [-0.39, 0.29) is 22.5 Å². The molecule has 0 radical (unpaired) electrons. The first-order chi connectivity index (χ1) is 13.2. The zero-order chi connectivity index (χ0) is 20.7.